The first-order valence-electron chi connectivity index (χ1n) is 6.72. The number of nitrogens with one attached hydrogen (secondary N) is 2. The number of hydrogen-bond donors (Lipinski definition) is 3. The van der Waals surface area contributed by atoms with E-state index in [0.29, 0.717) is 19.3 Å². The SMILES string of the molecule is N[C@@H](CC1CN1)C(=O)N[C@@H]1CCC[C@H](C(F)(F)F)C1. The molecule has 0 aromatic heterocycles. The average Bonchev–Trinajstić information content (AvgIpc) is 3.12. The predicted molar refractivity (Wildman–Crippen MR) is 64.3 cm³/mol. The lowest BCUT2D eigenvalue weighted by molar-refractivity contribution is -0.184. The zero-order valence-electron chi connectivity index (χ0n) is 10.7. The van der Waals surface area contributed by atoms with Crippen molar-refractivity contribution in [1.82, 2.24) is 10.6 Å². The summed E-state index contributed by atoms with van der Waals surface area (Å²) in [6.07, 6.45) is -2.39. The molecule has 4 atom stereocenters. The summed E-state index contributed by atoms with van der Waals surface area (Å²) in [5.41, 5.74) is 5.72. The lowest BCUT2D eigenvalue weighted by atomic mass is 9.85. The van der Waals surface area contributed by atoms with Gasteiger partial charge in [0, 0.05) is 18.6 Å². The zero-order chi connectivity index (χ0) is 14.0. The van der Waals surface area contributed by atoms with Crippen LogP contribution in [-0.4, -0.2) is 36.8 Å². The topological polar surface area (TPSA) is 77.1 Å². The monoisotopic (exact) mass is 279 g/mol. The molecule has 4 N–H and O–H groups in total. The lowest BCUT2D eigenvalue weighted by Crippen LogP contribution is -2.48. The van der Waals surface area contributed by atoms with E-state index in [4.69, 9.17) is 5.73 Å². The summed E-state index contributed by atoms with van der Waals surface area (Å²) in [6, 6.07) is -0.743. The van der Waals surface area contributed by atoms with Gasteiger partial charge in [-0.2, -0.15) is 13.2 Å². The quantitative estimate of drug-likeness (QED) is 0.670. The van der Waals surface area contributed by atoms with Crippen LogP contribution in [0.4, 0.5) is 13.2 Å². The average molecular weight is 279 g/mol. The third-order valence-corrected chi connectivity index (χ3v) is 3.85. The molecule has 0 radical (unpaired) electrons. The van der Waals surface area contributed by atoms with Crippen LogP contribution in [-0.2, 0) is 4.79 Å². The maximum Gasteiger partial charge on any atom is 0.391 e. The van der Waals surface area contributed by atoms with Gasteiger partial charge >= 0.3 is 6.18 Å². The van der Waals surface area contributed by atoms with Crippen LogP contribution in [0.2, 0.25) is 0 Å². The molecule has 1 saturated heterocycles. The number of carbonyl (C=O) groups excluding carboxylic acids is 1. The molecule has 2 aliphatic rings. The molecular formula is C12H20F3N3O. The number of alkyl halides is 3. The lowest BCUT2D eigenvalue weighted by Gasteiger charge is -2.31. The predicted octanol–water partition coefficient (Wildman–Crippen LogP) is 0.913. The summed E-state index contributed by atoms with van der Waals surface area (Å²) in [4.78, 5) is 11.8. The molecule has 0 spiro atoms. The van der Waals surface area contributed by atoms with Gasteiger partial charge in [-0.05, 0) is 25.7 Å². The molecule has 0 aromatic carbocycles. The molecular weight excluding hydrogens is 259 g/mol. The smallest absolute Gasteiger partial charge is 0.352 e. The van der Waals surface area contributed by atoms with Crippen LogP contribution in [0.15, 0.2) is 0 Å². The molecule has 1 saturated carbocycles. The van der Waals surface area contributed by atoms with Gasteiger partial charge in [-0.1, -0.05) is 6.42 Å². The molecule has 1 heterocycles. The van der Waals surface area contributed by atoms with Crippen LogP contribution in [0.1, 0.15) is 32.1 Å². The van der Waals surface area contributed by atoms with Gasteiger partial charge < -0.3 is 16.4 Å². The minimum Gasteiger partial charge on any atom is -0.352 e. The summed E-state index contributed by atoms with van der Waals surface area (Å²) in [6.45, 7) is 0.862. The van der Waals surface area contributed by atoms with Crippen molar-refractivity contribution in [2.45, 2.75) is 56.4 Å². The van der Waals surface area contributed by atoms with Crippen molar-refractivity contribution >= 4 is 5.91 Å². The number of amides is 1. The Bertz CT molecular complexity index is 331. The van der Waals surface area contributed by atoms with Crippen LogP contribution < -0.4 is 16.4 Å². The summed E-state index contributed by atoms with van der Waals surface area (Å²) >= 11 is 0. The highest BCUT2D eigenvalue weighted by Gasteiger charge is 2.42. The standard InChI is InChI=1S/C12H20F3N3O/c13-12(14,15)7-2-1-3-8(4-7)18-11(19)10(16)5-9-6-17-9/h7-10,17H,1-6,16H2,(H,18,19)/t7-,8+,9?,10-/m0/s1. The molecule has 110 valence electrons. The second kappa shape index (κ2) is 5.66. The number of nitrogens with two attached hydrogens (primary N) is 1. The molecule has 19 heavy (non-hydrogen) atoms. The molecule has 7 heteroatoms. The zero-order valence-corrected chi connectivity index (χ0v) is 10.7. The fourth-order valence-corrected chi connectivity index (χ4v) is 2.59. The Morgan fingerprint density at radius 2 is 2.11 bits per heavy atom. The van der Waals surface area contributed by atoms with Crippen molar-refractivity contribution in [3.63, 3.8) is 0 Å². The van der Waals surface area contributed by atoms with Crippen molar-refractivity contribution in [2.24, 2.45) is 11.7 Å². The first-order chi connectivity index (χ1) is 8.86. The van der Waals surface area contributed by atoms with Gasteiger partial charge in [-0.25, -0.2) is 0 Å². The Hall–Kier alpha value is -0.820. The van der Waals surface area contributed by atoms with E-state index < -0.39 is 24.2 Å². The Kier molecular flexibility index (Phi) is 4.35. The van der Waals surface area contributed by atoms with Crippen LogP contribution in [0.25, 0.3) is 0 Å². The highest BCUT2D eigenvalue weighted by atomic mass is 19.4. The van der Waals surface area contributed by atoms with Gasteiger partial charge in [0.15, 0.2) is 0 Å². The second-order valence-electron chi connectivity index (χ2n) is 5.56. The Morgan fingerprint density at radius 3 is 2.68 bits per heavy atom. The number of halogens is 3. The van der Waals surface area contributed by atoms with Crippen molar-refractivity contribution < 1.29 is 18.0 Å². The number of rotatable bonds is 4. The van der Waals surface area contributed by atoms with E-state index in [1.54, 1.807) is 0 Å². The summed E-state index contributed by atoms with van der Waals surface area (Å²) < 4.78 is 37.9. The maximum absolute atomic E-state index is 12.6. The Morgan fingerprint density at radius 1 is 1.42 bits per heavy atom. The summed E-state index contributed by atoms with van der Waals surface area (Å²) in [7, 11) is 0. The molecule has 1 aliphatic heterocycles. The van der Waals surface area contributed by atoms with E-state index in [-0.39, 0.29) is 24.8 Å². The van der Waals surface area contributed by atoms with Gasteiger partial charge in [0.05, 0.1) is 12.0 Å². The van der Waals surface area contributed by atoms with Gasteiger partial charge in [0.25, 0.3) is 0 Å². The highest BCUT2D eigenvalue weighted by molar-refractivity contribution is 5.81. The fourth-order valence-electron chi connectivity index (χ4n) is 2.59. The van der Waals surface area contributed by atoms with Crippen LogP contribution >= 0.6 is 0 Å². The van der Waals surface area contributed by atoms with E-state index in [1.807, 2.05) is 0 Å². The van der Waals surface area contributed by atoms with E-state index in [2.05, 4.69) is 10.6 Å². The van der Waals surface area contributed by atoms with Crippen molar-refractivity contribution in [3.05, 3.63) is 0 Å². The Balaban J connectivity index is 1.79. The largest absolute Gasteiger partial charge is 0.391 e. The Labute approximate surface area is 110 Å². The molecule has 2 fully saturated rings. The van der Waals surface area contributed by atoms with Crippen molar-refractivity contribution in [1.29, 1.82) is 0 Å². The number of carbonyl (C=O) groups is 1. The second-order valence-corrected chi connectivity index (χ2v) is 5.56. The first-order valence-corrected chi connectivity index (χ1v) is 6.72. The highest BCUT2D eigenvalue weighted by Crippen LogP contribution is 2.37. The third-order valence-electron chi connectivity index (χ3n) is 3.85. The van der Waals surface area contributed by atoms with E-state index in [0.717, 1.165) is 6.54 Å². The molecule has 1 aliphatic carbocycles. The first kappa shape index (κ1) is 14.6. The maximum atomic E-state index is 12.6. The fraction of sp³-hybridized carbons (Fsp3) is 0.917. The molecule has 2 rings (SSSR count). The van der Waals surface area contributed by atoms with Gasteiger partial charge in [-0.3, -0.25) is 4.79 Å². The minimum atomic E-state index is -4.16. The van der Waals surface area contributed by atoms with Crippen LogP contribution in [0, 0.1) is 5.92 Å². The van der Waals surface area contributed by atoms with Crippen LogP contribution in [0.3, 0.4) is 0 Å². The molecule has 1 amide bonds. The normalized spacial score (nSPS) is 32.7. The van der Waals surface area contributed by atoms with Crippen LogP contribution in [0.5, 0.6) is 0 Å². The van der Waals surface area contributed by atoms with Gasteiger partial charge in [0.1, 0.15) is 0 Å². The van der Waals surface area contributed by atoms with E-state index in [1.165, 1.54) is 0 Å². The van der Waals surface area contributed by atoms with Crippen molar-refractivity contribution in [2.75, 3.05) is 6.54 Å². The van der Waals surface area contributed by atoms with E-state index >= 15 is 0 Å². The molecule has 0 aromatic rings. The van der Waals surface area contributed by atoms with Gasteiger partial charge in [0.2, 0.25) is 5.91 Å². The minimum absolute atomic E-state index is 0.0242. The molecule has 1 unspecified atom stereocenters. The van der Waals surface area contributed by atoms with Crippen molar-refractivity contribution in [3.8, 4) is 0 Å². The summed E-state index contributed by atoms with van der Waals surface area (Å²) in [5.74, 6) is -1.63. The van der Waals surface area contributed by atoms with E-state index in [9.17, 15) is 18.0 Å². The summed E-state index contributed by atoms with van der Waals surface area (Å²) in [5, 5.41) is 5.70. The number of hydrogen-bond acceptors (Lipinski definition) is 3. The molecule has 0 bridgehead atoms. The third kappa shape index (κ3) is 4.35. The molecule has 4 nitrogen and oxygen atoms in total. The van der Waals surface area contributed by atoms with Gasteiger partial charge in [-0.15, -0.1) is 0 Å².